The van der Waals surface area contributed by atoms with Crippen LogP contribution in [0.15, 0.2) is 29.2 Å². The first-order chi connectivity index (χ1) is 8.82. The molecule has 1 aromatic rings. The molecule has 106 valence electrons. The molecule has 0 radical (unpaired) electrons. The van der Waals surface area contributed by atoms with Crippen LogP contribution < -0.4 is 5.32 Å². The normalized spacial score (nSPS) is 13.1. The number of amides is 1. The van der Waals surface area contributed by atoms with E-state index in [1.807, 2.05) is 12.1 Å². The van der Waals surface area contributed by atoms with Crippen molar-refractivity contribution < 1.29 is 4.79 Å². The molecular formula is C14H19Br2NOS. The summed E-state index contributed by atoms with van der Waals surface area (Å²) in [6.07, 6.45) is 0. The average molecular weight is 409 g/mol. The monoisotopic (exact) mass is 407 g/mol. The number of nitrogens with one attached hydrogen (secondary N) is 1. The number of hydrogen-bond donors (Lipinski definition) is 1. The SMILES string of the molecule is CC(C)(C)c1cccc(SC(=O)NCC(Br)CBr)c1. The van der Waals surface area contributed by atoms with Crippen molar-refractivity contribution in [3.05, 3.63) is 29.8 Å². The Morgan fingerprint density at radius 3 is 2.68 bits per heavy atom. The number of alkyl halides is 2. The van der Waals surface area contributed by atoms with Crippen LogP contribution in [0.25, 0.3) is 0 Å². The van der Waals surface area contributed by atoms with Gasteiger partial charge in [0.1, 0.15) is 0 Å². The zero-order valence-electron chi connectivity index (χ0n) is 11.4. The molecule has 0 saturated carbocycles. The fraction of sp³-hybridized carbons (Fsp3) is 0.500. The highest BCUT2D eigenvalue weighted by atomic mass is 79.9. The van der Waals surface area contributed by atoms with E-state index in [0.717, 1.165) is 10.2 Å². The van der Waals surface area contributed by atoms with E-state index in [1.54, 1.807) is 0 Å². The lowest BCUT2D eigenvalue weighted by molar-refractivity contribution is 0.261. The molecule has 2 nitrogen and oxygen atoms in total. The molecule has 1 atom stereocenters. The molecular weight excluding hydrogens is 390 g/mol. The van der Waals surface area contributed by atoms with Gasteiger partial charge in [-0.05, 0) is 34.9 Å². The van der Waals surface area contributed by atoms with Crippen LogP contribution in [0.4, 0.5) is 4.79 Å². The second kappa shape index (κ2) is 7.70. The fourth-order valence-electron chi connectivity index (χ4n) is 1.42. The highest BCUT2D eigenvalue weighted by Crippen LogP contribution is 2.27. The van der Waals surface area contributed by atoms with E-state index in [4.69, 9.17) is 0 Å². The van der Waals surface area contributed by atoms with E-state index in [9.17, 15) is 4.79 Å². The first kappa shape index (κ1) is 17.1. The molecule has 5 heteroatoms. The van der Waals surface area contributed by atoms with Crippen LogP contribution in [0.2, 0.25) is 0 Å². The molecule has 0 heterocycles. The number of benzene rings is 1. The lowest BCUT2D eigenvalue weighted by Gasteiger charge is -2.19. The number of rotatable bonds is 4. The van der Waals surface area contributed by atoms with Crippen LogP contribution in [0, 0.1) is 0 Å². The minimum absolute atomic E-state index is 0.0172. The Morgan fingerprint density at radius 1 is 1.42 bits per heavy atom. The summed E-state index contributed by atoms with van der Waals surface area (Å²) in [6.45, 7) is 7.13. The van der Waals surface area contributed by atoms with Crippen molar-refractivity contribution in [1.82, 2.24) is 5.32 Å². The van der Waals surface area contributed by atoms with E-state index in [1.165, 1.54) is 17.3 Å². The van der Waals surface area contributed by atoms with Gasteiger partial charge in [0.25, 0.3) is 5.24 Å². The summed E-state index contributed by atoms with van der Waals surface area (Å²) < 4.78 is 0. The molecule has 19 heavy (non-hydrogen) atoms. The van der Waals surface area contributed by atoms with Crippen molar-refractivity contribution in [2.75, 3.05) is 11.9 Å². The molecule has 1 amide bonds. The van der Waals surface area contributed by atoms with Crippen LogP contribution in [-0.4, -0.2) is 21.9 Å². The van der Waals surface area contributed by atoms with Gasteiger partial charge in [-0.25, -0.2) is 0 Å². The van der Waals surface area contributed by atoms with Gasteiger partial charge in [0, 0.05) is 21.6 Å². The highest BCUT2D eigenvalue weighted by Gasteiger charge is 2.14. The van der Waals surface area contributed by atoms with Crippen molar-refractivity contribution in [2.24, 2.45) is 0 Å². The fourth-order valence-corrected chi connectivity index (χ4v) is 2.51. The van der Waals surface area contributed by atoms with Crippen molar-refractivity contribution in [1.29, 1.82) is 0 Å². The molecule has 1 rings (SSSR count). The summed E-state index contributed by atoms with van der Waals surface area (Å²) in [5.41, 5.74) is 1.34. The lowest BCUT2D eigenvalue weighted by atomic mass is 9.87. The molecule has 1 aromatic carbocycles. The summed E-state index contributed by atoms with van der Waals surface area (Å²) in [5, 5.41) is 3.69. The van der Waals surface area contributed by atoms with E-state index in [-0.39, 0.29) is 15.5 Å². The summed E-state index contributed by atoms with van der Waals surface area (Å²) in [4.78, 5) is 13.1. The van der Waals surface area contributed by atoms with Crippen LogP contribution in [0.5, 0.6) is 0 Å². The van der Waals surface area contributed by atoms with Crippen molar-refractivity contribution in [3.63, 3.8) is 0 Å². The van der Waals surface area contributed by atoms with Gasteiger partial charge in [0.05, 0.1) is 0 Å². The Bertz CT molecular complexity index is 432. The van der Waals surface area contributed by atoms with E-state index in [2.05, 4.69) is 70.1 Å². The van der Waals surface area contributed by atoms with Gasteiger partial charge in [-0.15, -0.1) is 0 Å². The minimum atomic E-state index is -0.0172. The van der Waals surface area contributed by atoms with Crippen LogP contribution in [0.1, 0.15) is 26.3 Å². The maximum atomic E-state index is 11.8. The zero-order valence-corrected chi connectivity index (χ0v) is 15.4. The number of halogens is 2. The number of hydrogen-bond acceptors (Lipinski definition) is 2. The predicted octanol–water partition coefficient (Wildman–Crippen LogP) is 4.94. The molecule has 0 fully saturated rings. The van der Waals surface area contributed by atoms with Crippen molar-refractivity contribution in [3.8, 4) is 0 Å². The Labute approximate surface area is 136 Å². The molecule has 0 aliphatic rings. The van der Waals surface area contributed by atoms with E-state index < -0.39 is 0 Å². The highest BCUT2D eigenvalue weighted by molar-refractivity contribution is 9.12. The van der Waals surface area contributed by atoms with Gasteiger partial charge in [0.2, 0.25) is 0 Å². The first-order valence-corrected chi connectivity index (χ1v) is 8.94. The molecule has 0 bridgehead atoms. The van der Waals surface area contributed by atoms with Crippen LogP contribution in [0.3, 0.4) is 0 Å². The summed E-state index contributed by atoms with van der Waals surface area (Å²) >= 11 is 8.06. The Morgan fingerprint density at radius 2 is 2.11 bits per heavy atom. The average Bonchev–Trinajstić information content (AvgIpc) is 2.35. The summed E-state index contributed by atoms with van der Waals surface area (Å²) in [7, 11) is 0. The van der Waals surface area contributed by atoms with Gasteiger partial charge in [-0.3, -0.25) is 4.79 Å². The molecule has 1 unspecified atom stereocenters. The van der Waals surface area contributed by atoms with Gasteiger partial charge in [-0.1, -0.05) is 64.8 Å². The van der Waals surface area contributed by atoms with Gasteiger partial charge < -0.3 is 5.32 Å². The standard InChI is InChI=1S/C14H19Br2NOS/c1-14(2,3)10-5-4-6-12(7-10)19-13(18)17-9-11(16)8-15/h4-7,11H,8-9H2,1-3H3,(H,17,18). The molecule has 0 aromatic heterocycles. The van der Waals surface area contributed by atoms with Gasteiger partial charge >= 0.3 is 0 Å². The van der Waals surface area contributed by atoms with Crippen molar-refractivity contribution >= 4 is 48.9 Å². The third kappa shape index (κ3) is 6.32. The zero-order chi connectivity index (χ0) is 14.5. The van der Waals surface area contributed by atoms with Gasteiger partial charge in [0.15, 0.2) is 0 Å². The van der Waals surface area contributed by atoms with Gasteiger partial charge in [-0.2, -0.15) is 0 Å². The molecule has 1 N–H and O–H groups in total. The predicted molar refractivity (Wildman–Crippen MR) is 90.9 cm³/mol. The van der Waals surface area contributed by atoms with E-state index >= 15 is 0 Å². The largest absolute Gasteiger partial charge is 0.346 e. The molecule has 0 saturated heterocycles. The second-order valence-corrected chi connectivity index (χ2v) is 8.29. The van der Waals surface area contributed by atoms with Crippen LogP contribution >= 0.6 is 43.6 Å². The maximum absolute atomic E-state index is 11.8. The maximum Gasteiger partial charge on any atom is 0.283 e. The number of thioether (sulfide) groups is 1. The van der Waals surface area contributed by atoms with Crippen LogP contribution in [-0.2, 0) is 5.41 Å². The summed E-state index contributed by atoms with van der Waals surface area (Å²) in [6, 6.07) is 8.15. The second-order valence-electron chi connectivity index (χ2n) is 5.30. The molecule has 0 spiro atoms. The Hall–Kier alpha value is -0.000000000000000111. The van der Waals surface area contributed by atoms with Crippen molar-refractivity contribution in [2.45, 2.75) is 35.9 Å². The quantitative estimate of drug-likeness (QED) is 0.564. The summed E-state index contributed by atoms with van der Waals surface area (Å²) in [5.74, 6) is 0. The molecule has 0 aliphatic heterocycles. The number of carbonyl (C=O) groups excluding carboxylic acids is 1. The smallest absolute Gasteiger partial charge is 0.283 e. The number of carbonyl (C=O) groups is 1. The third-order valence-corrected chi connectivity index (χ3v) is 5.66. The Balaban J connectivity index is 2.60. The first-order valence-electron chi connectivity index (χ1n) is 6.09. The topological polar surface area (TPSA) is 29.1 Å². The lowest BCUT2D eigenvalue weighted by Crippen LogP contribution is -2.26. The minimum Gasteiger partial charge on any atom is -0.346 e. The Kier molecular flexibility index (Phi) is 6.91. The third-order valence-electron chi connectivity index (χ3n) is 2.55. The van der Waals surface area contributed by atoms with E-state index in [0.29, 0.717) is 6.54 Å². The molecule has 0 aliphatic carbocycles.